The third kappa shape index (κ3) is 2.53. The number of aryl methyl sites for hydroxylation is 1. The van der Waals surface area contributed by atoms with Gasteiger partial charge in [0.2, 0.25) is 0 Å². The highest BCUT2D eigenvalue weighted by atomic mass is 79.9. The van der Waals surface area contributed by atoms with Crippen LogP contribution < -0.4 is 0 Å². The highest BCUT2D eigenvalue weighted by Crippen LogP contribution is 2.34. The molecule has 17 heavy (non-hydrogen) atoms. The van der Waals surface area contributed by atoms with Crippen LogP contribution in [0.4, 0.5) is 4.39 Å². The van der Waals surface area contributed by atoms with Crippen molar-refractivity contribution in [2.24, 2.45) is 0 Å². The Hall–Kier alpha value is -0.860. The fourth-order valence-corrected chi connectivity index (χ4v) is 2.53. The number of rotatable bonds is 2. The van der Waals surface area contributed by atoms with E-state index < -0.39 is 0 Å². The Kier molecular flexibility index (Phi) is 3.85. The molecule has 0 heterocycles. The van der Waals surface area contributed by atoms with Gasteiger partial charge in [-0.25, -0.2) is 4.39 Å². The Morgan fingerprint density at radius 2 is 2.00 bits per heavy atom. The van der Waals surface area contributed by atoms with Crippen LogP contribution in [0.3, 0.4) is 0 Å². The minimum absolute atomic E-state index is 0.283. The average molecular weight is 314 g/mol. The van der Waals surface area contributed by atoms with Crippen molar-refractivity contribution in [1.29, 1.82) is 0 Å². The molecular formula is C14H11BrClF. The molecule has 3 heteroatoms. The van der Waals surface area contributed by atoms with Crippen molar-refractivity contribution in [3.63, 3.8) is 0 Å². The van der Waals surface area contributed by atoms with E-state index in [1.54, 1.807) is 12.1 Å². The maximum Gasteiger partial charge on any atom is 0.132 e. The number of benzene rings is 2. The molecule has 0 aliphatic rings. The molecule has 2 aromatic carbocycles. The second kappa shape index (κ2) is 5.19. The molecule has 2 rings (SSSR count). The van der Waals surface area contributed by atoms with Crippen molar-refractivity contribution in [2.45, 2.75) is 13.3 Å². The van der Waals surface area contributed by atoms with Crippen LogP contribution in [0.1, 0.15) is 12.5 Å². The summed E-state index contributed by atoms with van der Waals surface area (Å²) in [6.45, 7) is 2.04. The van der Waals surface area contributed by atoms with E-state index in [1.165, 1.54) is 6.07 Å². The predicted molar refractivity (Wildman–Crippen MR) is 73.9 cm³/mol. The molecule has 0 atom stereocenters. The first-order chi connectivity index (χ1) is 8.13. The first-order valence-corrected chi connectivity index (χ1v) is 6.53. The smallest absolute Gasteiger partial charge is 0.132 e. The van der Waals surface area contributed by atoms with Gasteiger partial charge in [-0.05, 0) is 41.8 Å². The zero-order valence-corrected chi connectivity index (χ0v) is 11.6. The topological polar surface area (TPSA) is 0 Å². The van der Waals surface area contributed by atoms with Gasteiger partial charge in [-0.3, -0.25) is 0 Å². The van der Waals surface area contributed by atoms with Gasteiger partial charge < -0.3 is 0 Å². The standard InChI is InChI=1S/C14H11BrClF/c1-2-9-8-10(15)6-7-11(9)14-12(16)4-3-5-13(14)17/h3-8H,2H2,1H3. The molecule has 0 amide bonds. The van der Waals surface area contributed by atoms with Crippen LogP contribution in [-0.4, -0.2) is 0 Å². The van der Waals surface area contributed by atoms with Crippen LogP contribution in [0.5, 0.6) is 0 Å². The Bertz CT molecular complexity index is 532. The molecule has 88 valence electrons. The van der Waals surface area contributed by atoms with Crippen LogP contribution in [0.2, 0.25) is 5.02 Å². The Labute approximate surface area is 114 Å². The van der Waals surface area contributed by atoms with E-state index in [0.717, 1.165) is 22.0 Å². The molecule has 0 nitrogen and oxygen atoms in total. The van der Waals surface area contributed by atoms with Crippen molar-refractivity contribution in [3.8, 4) is 11.1 Å². The molecule has 0 saturated carbocycles. The van der Waals surface area contributed by atoms with E-state index in [0.29, 0.717) is 10.6 Å². The third-order valence-corrected chi connectivity index (χ3v) is 3.49. The molecule has 0 radical (unpaired) electrons. The molecule has 0 aromatic heterocycles. The molecule has 0 bridgehead atoms. The van der Waals surface area contributed by atoms with Crippen molar-refractivity contribution < 1.29 is 4.39 Å². The van der Waals surface area contributed by atoms with Gasteiger partial charge in [-0.1, -0.05) is 46.6 Å². The number of hydrogen-bond donors (Lipinski definition) is 0. The summed E-state index contributed by atoms with van der Waals surface area (Å²) in [7, 11) is 0. The zero-order valence-electron chi connectivity index (χ0n) is 9.31. The van der Waals surface area contributed by atoms with Crippen LogP contribution in [-0.2, 0) is 6.42 Å². The van der Waals surface area contributed by atoms with Gasteiger partial charge in [-0.2, -0.15) is 0 Å². The molecule has 2 aromatic rings. The lowest BCUT2D eigenvalue weighted by molar-refractivity contribution is 0.631. The van der Waals surface area contributed by atoms with E-state index in [1.807, 2.05) is 25.1 Å². The van der Waals surface area contributed by atoms with Crippen molar-refractivity contribution in [3.05, 3.63) is 57.3 Å². The number of hydrogen-bond acceptors (Lipinski definition) is 0. The van der Waals surface area contributed by atoms with Crippen LogP contribution in [0.15, 0.2) is 40.9 Å². The maximum absolute atomic E-state index is 13.9. The molecule has 0 saturated heterocycles. The molecule has 0 spiro atoms. The van der Waals surface area contributed by atoms with Crippen molar-refractivity contribution in [1.82, 2.24) is 0 Å². The Morgan fingerprint density at radius 3 is 2.65 bits per heavy atom. The summed E-state index contributed by atoms with van der Waals surface area (Å²) in [5.41, 5.74) is 2.42. The minimum Gasteiger partial charge on any atom is -0.206 e. The van der Waals surface area contributed by atoms with Crippen LogP contribution >= 0.6 is 27.5 Å². The second-order valence-electron chi connectivity index (χ2n) is 3.75. The summed E-state index contributed by atoms with van der Waals surface area (Å²) >= 11 is 9.50. The normalized spacial score (nSPS) is 10.6. The molecular weight excluding hydrogens is 303 g/mol. The highest BCUT2D eigenvalue weighted by molar-refractivity contribution is 9.10. The lowest BCUT2D eigenvalue weighted by Crippen LogP contribution is -1.92. The van der Waals surface area contributed by atoms with E-state index in [9.17, 15) is 4.39 Å². The third-order valence-electron chi connectivity index (χ3n) is 2.68. The summed E-state index contributed by atoms with van der Waals surface area (Å²) in [5.74, 6) is -0.283. The average Bonchev–Trinajstić information content (AvgIpc) is 2.30. The molecule has 0 unspecified atom stereocenters. The predicted octanol–water partition coefficient (Wildman–Crippen LogP) is 5.47. The summed E-state index contributed by atoms with van der Waals surface area (Å²) < 4.78 is 14.8. The zero-order chi connectivity index (χ0) is 12.4. The van der Waals surface area contributed by atoms with Gasteiger partial charge in [0.05, 0.1) is 5.02 Å². The van der Waals surface area contributed by atoms with E-state index >= 15 is 0 Å². The quantitative estimate of drug-likeness (QED) is 0.689. The second-order valence-corrected chi connectivity index (χ2v) is 5.07. The molecule has 0 aliphatic carbocycles. The van der Waals surface area contributed by atoms with E-state index in [4.69, 9.17) is 11.6 Å². The molecule has 0 fully saturated rings. The molecule has 0 N–H and O–H groups in total. The van der Waals surface area contributed by atoms with E-state index in [2.05, 4.69) is 15.9 Å². The van der Waals surface area contributed by atoms with Gasteiger partial charge in [0, 0.05) is 10.0 Å². The van der Waals surface area contributed by atoms with Crippen molar-refractivity contribution in [2.75, 3.05) is 0 Å². The summed E-state index contributed by atoms with van der Waals surface area (Å²) in [6, 6.07) is 10.6. The SMILES string of the molecule is CCc1cc(Br)ccc1-c1c(F)cccc1Cl. The fraction of sp³-hybridized carbons (Fsp3) is 0.143. The summed E-state index contributed by atoms with van der Waals surface area (Å²) in [6.07, 6.45) is 0.833. The van der Waals surface area contributed by atoms with Gasteiger partial charge in [0.1, 0.15) is 5.82 Å². The van der Waals surface area contributed by atoms with Gasteiger partial charge in [0.15, 0.2) is 0 Å². The fourth-order valence-electron chi connectivity index (χ4n) is 1.85. The van der Waals surface area contributed by atoms with Gasteiger partial charge in [-0.15, -0.1) is 0 Å². The van der Waals surface area contributed by atoms with Crippen LogP contribution in [0.25, 0.3) is 11.1 Å². The van der Waals surface area contributed by atoms with E-state index in [-0.39, 0.29) is 5.82 Å². The maximum atomic E-state index is 13.9. The van der Waals surface area contributed by atoms with Crippen LogP contribution in [0, 0.1) is 5.82 Å². The Balaban J connectivity index is 2.68. The lowest BCUT2D eigenvalue weighted by Gasteiger charge is -2.11. The Morgan fingerprint density at radius 1 is 1.24 bits per heavy atom. The van der Waals surface area contributed by atoms with Gasteiger partial charge >= 0.3 is 0 Å². The van der Waals surface area contributed by atoms with Gasteiger partial charge in [0.25, 0.3) is 0 Å². The first-order valence-electron chi connectivity index (χ1n) is 5.36. The monoisotopic (exact) mass is 312 g/mol. The summed E-state index contributed by atoms with van der Waals surface area (Å²) in [5, 5.41) is 0.446. The number of halogens is 3. The van der Waals surface area contributed by atoms with Crippen molar-refractivity contribution >= 4 is 27.5 Å². The first kappa shape index (κ1) is 12.6. The minimum atomic E-state index is -0.283. The largest absolute Gasteiger partial charge is 0.206 e. The summed E-state index contributed by atoms with van der Waals surface area (Å²) in [4.78, 5) is 0. The highest BCUT2D eigenvalue weighted by Gasteiger charge is 2.12. The molecule has 0 aliphatic heterocycles. The lowest BCUT2D eigenvalue weighted by atomic mass is 9.98.